The third-order valence-corrected chi connectivity index (χ3v) is 3.72. The van der Waals surface area contributed by atoms with Gasteiger partial charge in [0.2, 0.25) is 0 Å². The van der Waals surface area contributed by atoms with Crippen LogP contribution in [0.1, 0.15) is 5.69 Å². The molecule has 0 saturated carbocycles. The molecule has 2 rings (SSSR count). The Bertz CT molecular complexity index is 450. The van der Waals surface area contributed by atoms with Crippen LogP contribution in [0, 0.1) is 0 Å². The summed E-state index contributed by atoms with van der Waals surface area (Å²) < 4.78 is 15.3. The molecule has 0 spiro atoms. The minimum atomic E-state index is 0. The van der Waals surface area contributed by atoms with Crippen LogP contribution >= 0.6 is 24.0 Å². The topological polar surface area (TPSA) is 75.4 Å². The molecule has 0 bridgehead atoms. The predicted octanol–water partition coefficient (Wildman–Crippen LogP) is 0.649. The second-order valence-electron chi connectivity index (χ2n) is 5.33. The normalized spacial score (nSPS) is 16.1. The van der Waals surface area contributed by atoms with Crippen LogP contribution in [0.3, 0.4) is 0 Å². The maximum atomic E-state index is 5.45. The number of hydrogen-bond donors (Lipinski definition) is 1. The summed E-state index contributed by atoms with van der Waals surface area (Å²) in [6.07, 6.45) is 1.62. The van der Waals surface area contributed by atoms with Crippen molar-refractivity contribution in [2.45, 2.75) is 6.54 Å². The highest BCUT2D eigenvalue weighted by molar-refractivity contribution is 14.0. The van der Waals surface area contributed by atoms with Crippen LogP contribution in [-0.2, 0) is 16.0 Å². The zero-order valence-corrected chi connectivity index (χ0v) is 16.8. The average Bonchev–Trinajstić information content (AvgIpc) is 3.08. The summed E-state index contributed by atoms with van der Waals surface area (Å²) in [6, 6.07) is 1.91. The molecule has 0 aliphatic carbocycles. The Hall–Kier alpha value is -0.910. The Kier molecular flexibility index (Phi) is 11.0. The number of guanidine groups is 1. The molecule has 1 saturated heterocycles. The Morgan fingerprint density at radius 2 is 2.08 bits per heavy atom. The van der Waals surface area contributed by atoms with Gasteiger partial charge in [-0.3, -0.25) is 9.89 Å². The van der Waals surface area contributed by atoms with Crippen LogP contribution in [0.2, 0.25) is 0 Å². The number of aliphatic imine (C=N–C) groups is 1. The monoisotopic (exact) mass is 453 g/mol. The molecule has 24 heavy (non-hydrogen) atoms. The molecule has 0 atom stereocenters. The summed E-state index contributed by atoms with van der Waals surface area (Å²) in [4.78, 5) is 8.99. The fourth-order valence-corrected chi connectivity index (χ4v) is 2.48. The van der Waals surface area contributed by atoms with Crippen molar-refractivity contribution in [1.29, 1.82) is 0 Å². The zero-order chi connectivity index (χ0) is 16.3. The molecule has 0 radical (unpaired) electrons. The SMILES string of the molecule is CN=C(NCCOCCOC)N1CCN(Cc2ccon2)CC1.I. The molecule has 1 aromatic heterocycles. The summed E-state index contributed by atoms with van der Waals surface area (Å²) >= 11 is 0. The van der Waals surface area contributed by atoms with E-state index in [1.807, 2.05) is 13.1 Å². The Labute approximate surface area is 160 Å². The van der Waals surface area contributed by atoms with Crippen molar-refractivity contribution in [3.8, 4) is 0 Å². The second-order valence-corrected chi connectivity index (χ2v) is 5.33. The third kappa shape index (κ3) is 7.32. The van der Waals surface area contributed by atoms with Crippen molar-refractivity contribution in [3.63, 3.8) is 0 Å². The van der Waals surface area contributed by atoms with Crippen LogP contribution in [0.5, 0.6) is 0 Å². The molecular formula is C15H28IN5O3. The van der Waals surface area contributed by atoms with Crippen LogP contribution in [0.4, 0.5) is 0 Å². The highest BCUT2D eigenvalue weighted by atomic mass is 127. The molecule has 1 aromatic rings. The summed E-state index contributed by atoms with van der Waals surface area (Å²) in [5.41, 5.74) is 0.981. The highest BCUT2D eigenvalue weighted by Crippen LogP contribution is 2.07. The number of piperazine rings is 1. The van der Waals surface area contributed by atoms with Crippen molar-refractivity contribution in [1.82, 2.24) is 20.3 Å². The summed E-state index contributed by atoms with van der Waals surface area (Å²) in [5.74, 6) is 0.932. The predicted molar refractivity (Wildman–Crippen MR) is 103 cm³/mol. The molecule has 8 nitrogen and oxygen atoms in total. The molecule has 1 N–H and O–H groups in total. The van der Waals surface area contributed by atoms with E-state index in [-0.39, 0.29) is 24.0 Å². The highest BCUT2D eigenvalue weighted by Gasteiger charge is 2.19. The largest absolute Gasteiger partial charge is 0.382 e. The van der Waals surface area contributed by atoms with Crippen LogP contribution in [-0.4, -0.2) is 87.6 Å². The molecule has 9 heteroatoms. The van der Waals surface area contributed by atoms with E-state index in [2.05, 4.69) is 25.3 Å². The van der Waals surface area contributed by atoms with Gasteiger partial charge in [0.1, 0.15) is 6.26 Å². The minimum Gasteiger partial charge on any atom is -0.382 e. The Balaban J connectivity index is 0.00000288. The van der Waals surface area contributed by atoms with Gasteiger partial charge in [-0.05, 0) is 0 Å². The lowest BCUT2D eigenvalue weighted by Gasteiger charge is -2.36. The van der Waals surface area contributed by atoms with Gasteiger partial charge in [-0.15, -0.1) is 24.0 Å². The van der Waals surface area contributed by atoms with Crippen molar-refractivity contribution >= 4 is 29.9 Å². The van der Waals surface area contributed by atoms with E-state index in [1.54, 1.807) is 13.4 Å². The van der Waals surface area contributed by atoms with Crippen molar-refractivity contribution in [2.24, 2.45) is 4.99 Å². The standard InChI is InChI=1S/C15H27N5O3.HI/c1-16-15(17-4-10-22-12-11-21-2)20-7-5-19(6-8-20)13-14-3-9-23-18-14;/h3,9H,4-8,10-13H2,1-2H3,(H,16,17);1H. The molecule has 0 unspecified atom stereocenters. The number of nitrogens with zero attached hydrogens (tertiary/aromatic N) is 4. The first-order valence-corrected chi connectivity index (χ1v) is 7.97. The minimum absolute atomic E-state index is 0. The van der Waals surface area contributed by atoms with Crippen LogP contribution in [0.25, 0.3) is 0 Å². The lowest BCUT2D eigenvalue weighted by atomic mass is 10.3. The molecule has 1 fully saturated rings. The van der Waals surface area contributed by atoms with Gasteiger partial charge >= 0.3 is 0 Å². The quantitative estimate of drug-likeness (QED) is 0.268. The number of hydrogen-bond acceptors (Lipinski definition) is 6. The van der Waals surface area contributed by atoms with Crippen LogP contribution in [0.15, 0.2) is 21.8 Å². The van der Waals surface area contributed by atoms with Gasteiger partial charge < -0.3 is 24.2 Å². The maximum absolute atomic E-state index is 5.45. The second kappa shape index (κ2) is 12.5. The number of methoxy groups -OCH3 is 1. The lowest BCUT2D eigenvalue weighted by Crippen LogP contribution is -2.52. The van der Waals surface area contributed by atoms with E-state index >= 15 is 0 Å². The molecule has 1 aliphatic rings. The molecule has 0 aromatic carbocycles. The van der Waals surface area contributed by atoms with Gasteiger partial charge in [0, 0.05) is 59.5 Å². The van der Waals surface area contributed by atoms with Gasteiger partial charge in [-0.25, -0.2) is 0 Å². The maximum Gasteiger partial charge on any atom is 0.193 e. The first kappa shape index (κ1) is 21.1. The molecule has 0 amide bonds. The van der Waals surface area contributed by atoms with Gasteiger partial charge in [0.25, 0.3) is 0 Å². The van der Waals surface area contributed by atoms with Crippen molar-refractivity contribution in [2.75, 3.05) is 66.7 Å². The number of nitrogens with one attached hydrogen (secondary N) is 1. The molecule has 2 heterocycles. The van der Waals surface area contributed by atoms with E-state index < -0.39 is 0 Å². The summed E-state index contributed by atoms with van der Waals surface area (Å²) in [6.45, 7) is 7.34. The summed E-state index contributed by atoms with van der Waals surface area (Å²) in [5, 5.41) is 7.30. The average molecular weight is 453 g/mol. The molecule has 1 aliphatic heterocycles. The molecule has 138 valence electrons. The molecular weight excluding hydrogens is 425 g/mol. The van der Waals surface area contributed by atoms with Gasteiger partial charge in [0.05, 0.1) is 25.5 Å². The van der Waals surface area contributed by atoms with Crippen molar-refractivity contribution < 1.29 is 14.0 Å². The number of aromatic nitrogens is 1. The van der Waals surface area contributed by atoms with E-state index in [1.165, 1.54) is 0 Å². The van der Waals surface area contributed by atoms with Crippen molar-refractivity contribution in [3.05, 3.63) is 18.0 Å². The van der Waals surface area contributed by atoms with Gasteiger partial charge in [0.15, 0.2) is 5.96 Å². The van der Waals surface area contributed by atoms with E-state index in [4.69, 9.17) is 14.0 Å². The Morgan fingerprint density at radius 1 is 1.29 bits per heavy atom. The third-order valence-electron chi connectivity index (χ3n) is 3.72. The fourth-order valence-electron chi connectivity index (χ4n) is 2.48. The van der Waals surface area contributed by atoms with E-state index in [9.17, 15) is 0 Å². The van der Waals surface area contributed by atoms with Gasteiger partial charge in [-0.1, -0.05) is 5.16 Å². The zero-order valence-electron chi connectivity index (χ0n) is 14.4. The first-order valence-electron chi connectivity index (χ1n) is 7.97. The lowest BCUT2D eigenvalue weighted by molar-refractivity contribution is 0.0729. The number of rotatable bonds is 8. The van der Waals surface area contributed by atoms with Gasteiger partial charge in [-0.2, -0.15) is 0 Å². The number of ether oxygens (including phenoxy) is 2. The van der Waals surface area contributed by atoms with Crippen LogP contribution < -0.4 is 5.32 Å². The van der Waals surface area contributed by atoms with E-state index in [0.717, 1.165) is 50.9 Å². The fraction of sp³-hybridized carbons (Fsp3) is 0.733. The van der Waals surface area contributed by atoms with E-state index in [0.29, 0.717) is 19.8 Å². The Morgan fingerprint density at radius 3 is 2.71 bits per heavy atom. The number of halogens is 1. The summed E-state index contributed by atoms with van der Waals surface area (Å²) in [7, 11) is 3.49. The first-order chi connectivity index (χ1) is 11.3. The smallest absolute Gasteiger partial charge is 0.193 e.